The topological polar surface area (TPSA) is 109 Å². The zero-order chi connectivity index (χ0) is 29.2. The molecule has 2 aliphatic rings. The average molecular weight is 579 g/mol. The van der Waals surface area contributed by atoms with Crippen LogP contribution in [0.2, 0.25) is 0 Å². The summed E-state index contributed by atoms with van der Waals surface area (Å²) in [5.41, 5.74) is 3.42. The third kappa shape index (κ3) is 4.63. The van der Waals surface area contributed by atoms with Crippen molar-refractivity contribution < 1.29 is 23.0 Å². The summed E-state index contributed by atoms with van der Waals surface area (Å²) in [5, 5.41) is 18.0. The van der Waals surface area contributed by atoms with Gasteiger partial charge < -0.3 is 20.1 Å². The minimum atomic E-state index is -4.64. The monoisotopic (exact) mass is 578 g/mol. The second-order valence-electron chi connectivity index (χ2n) is 10.9. The van der Waals surface area contributed by atoms with Crippen molar-refractivity contribution >= 4 is 22.5 Å². The summed E-state index contributed by atoms with van der Waals surface area (Å²) in [4.78, 5) is 14.6. The molecule has 10 nitrogen and oxygen atoms in total. The van der Waals surface area contributed by atoms with Gasteiger partial charge in [0.2, 0.25) is 0 Å². The van der Waals surface area contributed by atoms with Crippen molar-refractivity contribution in [3.63, 3.8) is 0 Å². The summed E-state index contributed by atoms with van der Waals surface area (Å²) in [6.45, 7) is 5.28. The summed E-state index contributed by atoms with van der Waals surface area (Å²) in [6.07, 6.45) is -3.63. The minimum absolute atomic E-state index is 0.106. The summed E-state index contributed by atoms with van der Waals surface area (Å²) in [6, 6.07) is 13.2. The Hall–Kier alpha value is -4.20. The molecule has 2 aliphatic heterocycles. The Balaban J connectivity index is 1.29. The molecule has 5 aromatic rings. The molecule has 0 aliphatic carbocycles. The number of aliphatic hydroxyl groups excluding tert-OH is 1. The van der Waals surface area contributed by atoms with E-state index in [1.54, 1.807) is 30.0 Å². The number of alkyl halides is 3. The molecule has 0 saturated carbocycles. The van der Waals surface area contributed by atoms with Crippen molar-refractivity contribution in [2.45, 2.75) is 45.1 Å². The predicted molar refractivity (Wildman–Crippen MR) is 149 cm³/mol. The minimum Gasteiger partial charge on any atom is -0.389 e. The molecule has 13 heteroatoms. The number of imidazole rings is 1. The van der Waals surface area contributed by atoms with Gasteiger partial charge in [-0.25, -0.2) is 14.6 Å². The fraction of sp³-hybridized carbons (Fsp3) is 0.345. The van der Waals surface area contributed by atoms with Gasteiger partial charge in [-0.3, -0.25) is 9.47 Å². The van der Waals surface area contributed by atoms with Gasteiger partial charge in [0.1, 0.15) is 18.0 Å². The van der Waals surface area contributed by atoms with E-state index >= 15 is 0 Å². The standard InChI is InChI=1S/C29H29F3N8O2/c1-16-3-7-25(34-16)35-18-4-6-24-22(11-18)33-15-39(24)26-8-5-20(17(2)41)28(36-26)40-23-9-10-38(19-13-42-14-19)12-21(23)27(37-40)29(30,31)32/h3-8,11,15,17,19,34-35,41H,9-10,12-14H2,1-2H3. The predicted octanol–water partition coefficient (Wildman–Crippen LogP) is 4.82. The Kier molecular flexibility index (Phi) is 6.33. The number of H-pyrrole nitrogens is 1. The lowest BCUT2D eigenvalue weighted by Gasteiger charge is -2.39. The van der Waals surface area contributed by atoms with E-state index in [9.17, 15) is 18.3 Å². The first-order chi connectivity index (χ1) is 20.2. The van der Waals surface area contributed by atoms with Gasteiger partial charge in [-0.05, 0) is 56.3 Å². The van der Waals surface area contributed by atoms with Crippen LogP contribution in [0.1, 0.15) is 41.2 Å². The van der Waals surface area contributed by atoms with E-state index < -0.39 is 18.0 Å². The first kappa shape index (κ1) is 26.7. The maximum absolute atomic E-state index is 14.2. The van der Waals surface area contributed by atoms with Crippen LogP contribution in [0.15, 0.2) is 48.8 Å². The average Bonchev–Trinajstić information content (AvgIpc) is 3.63. The molecular weight excluding hydrogens is 549 g/mol. The fourth-order valence-electron chi connectivity index (χ4n) is 5.67. The van der Waals surface area contributed by atoms with E-state index in [2.05, 4.69) is 20.4 Å². The van der Waals surface area contributed by atoms with Crippen LogP contribution >= 0.6 is 0 Å². The van der Waals surface area contributed by atoms with Crippen LogP contribution in [0.4, 0.5) is 24.7 Å². The molecule has 3 N–H and O–H groups in total. The van der Waals surface area contributed by atoms with Gasteiger partial charge in [0.25, 0.3) is 0 Å². The smallest absolute Gasteiger partial charge is 0.389 e. The van der Waals surface area contributed by atoms with Gasteiger partial charge in [0, 0.05) is 42.0 Å². The SMILES string of the molecule is Cc1ccc(Nc2ccc3c(c2)ncn3-c2ccc(C(C)O)c(-n3nc(C(F)(F)F)c4c3CCN(C3COC3)C4)n2)[nH]1. The number of rotatable bonds is 6. The molecule has 0 bridgehead atoms. The van der Waals surface area contributed by atoms with E-state index in [1.807, 2.05) is 42.2 Å². The molecule has 0 amide bonds. The number of hydrogen-bond acceptors (Lipinski definition) is 7. The van der Waals surface area contributed by atoms with Crippen LogP contribution < -0.4 is 5.32 Å². The van der Waals surface area contributed by atoms with Crippen molar-refractivity contribution in [2.24, 2.45) is 0 Å². The van der Waals surface area contributed by atoms with Gasteiger partial charge in [-0.1, -0.05) is 0 Å². The van der Waals surface area contributed by atoms with Gasteiger partial charge in [-0.2, -0.15) is 18.3 Å². The molecule has 7 rings (SSSR count). The van der Waals surface area contributed by atoms with Crippen LogP contribution in [0.5, 0.6) is 0 Å². The van der Waals surface area contributed by atoms with Gasteiger partial charge >= 0.3 is 6.18 Å². The van der Waals surface area contributed by atoms with Crippen LogP contribution in [0, 0.1) is 6.92 Å². The summed E-state index contributed by atoms with van der Waals surface area (Å²) in [7, 11) is 0. The number of aliphatic hydroxyl groups is 1. The van der Waals surface area contributed by atoms with Gasteiger partial charge in [0.15, 0.2) is 11.5 Å². The van der Waals surface area contributed by atoms with Crippen molar-refractivity contribution in [2.75, 3.05) is 25.1 Å². The number of benzene rings is 1. The molecule has 0 spiro atoms. The van der Waals surface area contributed by atoms with Gasteiger partial charge in [-0.15, -0.1) is 0 Å². The van der Waals surface area contributed by atoms with Crippen LogP contribution in [0.25, 0.3) is 22.7 Å². The molecule has 1 fully saturated rings. The highest BCUT2D eigenvalue weighted by molar-refractivity contribution is 5.82. The van der Waals surface area contributed by atoms with Crippen molar-refractivity contribution in [3.8, 4) is 11.6 Å². The van der Waals surface area contributed by atoms with E-state index in [0.717, 1.165) is 22.7 Å². The molecule has 1 atom stereocenters. The molecule has 6 heterocycles. The molecule has 0 radical (unpaired) electrons. The number of aromatic amines is 1. The number of nitrogens with one attached hydrogen (secondary N) is 2. The van der Waals surface area contributed by atoms with Gasteiger partial charge in [0.05, 0.1) is 42.1 Å². The molecular formula is C29H29F3N8O2. The summed E-state index contributed by atoms with van der Waals surface area (Å²) < 4.78 is 51.0. The van der Waals surface area contributed by atoms with Crippen LogP contribution in [-0.4, -0.2) is 65.1 Å². The molecule has 1 aromatic carbocycles. The second-order valence-corrected chi connectivity index (χ2v) is 10.9. The molecule has 218 valence electrons. The zero-order valence-electron chi connectivity index (χ0n) is 23.0. The van der Waals surface area contributed by atoms with Crippen LogP contribution in [-0.2, 0) is 23.9 Å². The molecule has 1 saturated heterocycles. The zero-order valence-corrected chi connectivity index (χ0v) is 23.0. The maximum Gasteiger partial charge on any atom is 0.435 e. The molecule has 42 heavy (non-hydrogen) atoms. The molecule has 4 aromatic heterocycles. The number of fused-ring (bicyclic) bond motifs is 2. The number of nitrogens with zero attached hydrogens (tertiary/aromatic N) is 6. The van der Waals surface area contributed by atoms with Crippen molar-refractivity contribution in [1.29, 1.82) is 0 Å². The Morgan fingerprint density at radius 3 is 2.67 bits per heavy atom. The third-order valence-corrected chi connectivity index (χ3v) is 7.94. The summed E-state index contributed by atoms with van der Waals surface area (Å²) >= 11 is 0. The highest BCUT2D eigenvalue weighted by Crippen LogP contribution is 2.38. The third-order valence-electron chi connectivity index (χ3n) is 7.94. The number of ether oxygens (including phenoxy) is 1. The lowest BCUT2D eigenvalue weighted by molar-refractivity contribution is -0.142. The van der Waals surface area contributed by atoms with E-state index in [0.29, 0.717) is 48.8 Å². The number of pyridine rings is 1. The fourth-order valence-corrected chi connectivity index (χ4v) is 5.67. The van der Waals surface area contributed by atoms with E-state index in [-0.39, 0.29) is 24.0 Å². The number of hydrogen-bond donors (Lipinski definition) is 3. The van der Waals surface area contributed by atoms with Crippen molar-refractivity contribution in [1.82, 2.24) is 34.2 Å². The highest BCUT2D eigenvalue weighted by Gasteiger charge is 2.42. The number of aryl methyl sites for hydroxylation is 1. The van der Waals surface area contributed by atoms with Crippen molar-refractivity contribution in [3.05, 3.63) is 77.0 Å². The lowest BCUT2D eigenvalue weighted by atomic mass is 10.0. The van der Waals surface area contributed by atoms with E-state index in [4.69, 9.17) is 9.72 Å². The Morgan fingerprint density at radius 2 is 1.98 bits per heavy atom. The number of aromatic nitrogens is 6. The van der Waals surface area contributed by atoms with Crippen LogP contribution in [0.3, 0.4) is 0 Å². The molecule has 1 unspecified atom stereocenters. The first-order valence-electron chi connectivity index (χ1n) is 13.7. The quantitative estimate of drug-likeness (QED) is 0.265. The first-order valence-corrected chi connectivity index (χ1v) is 13.7. The maximum atomic E-state index is 14.2. The lowest BCUT2D eigenvalue weighted by Crippen LogP contribution is -2.50. The normalized spacial score (nSPS) is 16.9. The highest BCUT2D eigenvalue weighted by atomic mass is 19.4. The number of anilines is 2. The Morgan fingerprint density at radius 1 is 1.14 bits per heavy atom. The Labute approximate surface area is 238 Å². The second kappa shape index (κ2) is 9.96. The summed E-state index contributed by atoms with van der Waals surface area (Å²) in [5.74, 6) is 1.47. The number of halogens is 3. The van der Waals surface area contributed by atoms with E-state index in [1.165, 1.54) is 4.68 Å². The largest absolute Gasteiger partial charge is 0.435 e. The Bertz CT molecular complexity index is 1780.